The number of fused-ring (bicyclic) bond motifs is 2. The molecule has 0 bridgehead atoms. The lowest BCUT2D eigenvalue weighted by Crippen LogP contribution is -2.37. The normalized spacial score (nSPS) is 20.4. The third-order valence-electron chi connectivity index (χ3n) is 5.43. The number of ketones is 1. The second kappa shape index (κ2) is 8.32. The van der Waals surface area contributed by atoms with Crippen LogP contribution in [0.4, 0.5) is 5.95 Å². The van der Waals surface area contributed by atoms with Gasteiger partial charge < -0.3 is 5.32 Å². The van der Waals surface area contributed by atoms with Crippen LogP contribution in [0.2, 0.25) is 0 Å². The van der Waals surface area contributed by atoms with Crippen LogP contribution < -0.4 is 5.32 Å². The molecule has 0 saturated heterocycles. The van der Waals surface area contributed by atoms with E-state index in [9.17, 15) is 4.79 Å². The Kier molecular flexibility index (Phi) is 5.24. The molecule has 150 valence electrons. The number of rotatable bonds is 5. The number of benzene rings is 2. The van der Waals surface area contributed by atoms with E-state index < -0.39 is 0 Å². The molecule has 1 N–H and O–H groups in total. The number of carbonyl (C=O) groups excluding carboxylic acids is 1. The average Bonchev–Trinajstić information content (AvgIpc) is 3.20. The minimum atomic E-state index is -0.236. The topological polar surface area (TPSA) is 59.8 Å². The number of anilines is 1. The first-order valence-electron chi connectivity index (χ1n) is 10.1. The van der Waals surface area contributed by atoms with Crippen molar-refractivity contribution < 1.29 is 4.79 Å². The van der Waals surface area contributed by atoms with E-state index in [1.54, 1.807) is 11.8 Å². The van der Waals surface area contributed by atoms with Crippen molar-refractivity contribution in [1.82, 2.24) is 14.8 Å². The van der Waals surface area contributed by atoms with Crippen molar-refractivity contribution in [3.8, 4) is 0 Å². The molecule has 2 aromatic carbocycles. The van der Waals surface area contributed by atoms with Crippen LogP contribution in [0.5, 0.6) is 0 Å². The predicted octanol–water partition coefficient (Wildman–Crippen LogP) is 5.11. The Hall–Kier alpha value is -3.12. The Labute approximate surface area is 179 Å². The number of thioether (sulfide) groups is 1. The molecule has 0 amide bonds. The molecular formula is C24H22N4OS. The molecule has 30 heavy (non-hydrogen) atoms. The summed E-state index contributed by atoms with van der Waals surface area (Å²) in [7, 11) is 0. The minimum absolute atomic E-state index is 0.181. The maximum absolute atomic E-state index is 12.8. The van der Waals surface area contributed by atoms with Gasteiger partial charge >= 0.3 is 0 Å². The molecule has 1 aliphatic carbocycles. The van der Waals surface area contributed by atoms with Crippen molar-refractivity contribution in [2.24, 2.45) is 5.92 Å². The highest BCUT2D eigenvalue weighted by atomic mass is 32.2. The summed E-state index contributed by atoms with van der Waals surface area (Å²) >= 11 is 1.61. The first kappa shape index (κ1) is 18.9. The molecule has 1 aromatic heterocycles. The number of allylic oxidation sites excluding steroid dienone is 3. The van der Waals surface area contributed by atoms with E-state index in [4.69, 9.17) is 10.1 Å². The van der Waals surface area contributed by atoms with Gasteiger partial charge in [0, 0.05) is 17.9 Å². The highest BCUT2D eigenvalue weighted by Gasteiger charge is 2.39. The van der Waals surface area contributed by atoms with E-state index in [1.165, 1.54) is 5.56 Å². The lowest BCUT2D eigenvalue weighted by molar-refractivity contribution is -0.123. The zero-order chi connectivity index (χ0) is 20.3. The molecule has 6 heteroatoms. The fraction of sp³-hybridized carbons (Fsp3) is 0.208. The van der Waals surface area contributed by atoms with E-state index in [0.29, 0.717) is 17.5 Å². The lowest BCUT2D eigenvalue weighted by Gasteiger charge is -2.34. The van der Waals surface area contributed by atoms with Crippen LogP contribution in [-0.2, 0) is 10.5 Å². The van der Waals surface area contributed by atoms with Crippen LogP contribution in [0.3, 0.4) is 0 Å². The van der Waals surface area contributed by atoms with Gasteiger partial charge in [-0.05, 0) is 17.5 Å². The molecule has 5 rings (SSSR count). The van der Waals surface area contributed by atoms with E-state index in [0.717, 1.165) is 23.4 Å². The summed E-state index contributed by atoms with van der Waals surface area (Å²) in [6.45, 7) is 0. The quantitative estimate of drug-likeness (QED) is 0.588. The third-order valence-corrected chi connectivity index (χ3v) is 6.33. The predicted molar refractivity (Wildman–Crippen MR) is 120 cm³/mol. The number of aromatic nitrogens is 3. The van der Waals surface area contributed by atoms with Crippen LogP contribution in [0.15, 0.2) is 83.7 Å². The first-order chi connectivity index (χ1) is 14.8. The molecular weight excluding hydrogens is 392 g/mol. The summed E-state index contributed by atoms with van der Waals surface area (Å²) in [5.41, 5.74) is 3.29. The van der Waals surface area contributed by atoms with Gasteiger partial charge in [-0.1, -0.05) is 90.7 Å². The van der Waals surface area contributed by atoms with Gasteiger partial charge in [0.1, 0.15) is 5.78 Å². The Morgan fingerprint density at radius 2 is 1.87 bits per heavy atom. The van der Waals surface area contributed by atoms with Gasteiger partial charge in [0.15, 0.2) is 0 Å². The van der Waals surface area contributed by atoms with E-state index in [-0.39, 0.29) is 17.7 Å². The summed E-state index contributed by atoms with van der Waals surface area (Å²) < 4.78 is 1.87. The van der Waals surface area contributed by atoms with Crippen LogP contribution in [-0.4, -0.2) is 20.5 Å². The number of Topliss-reactive ketones (excluding diaryl/α,β-unsaturated/α-hetero) is 1. The second-order valence-corrected chi connectivity index (χ2v) is 8.41. The van der Waals surface area contributed by atoms with Crippen LogP contribution in [0.1, 0.15) is 30.0 Å². The highest BCUT2D eigenvalue weighted by Crippen LogP contribution is 2.39. The summed E-state index contributed by atoms with van der Waals surface area (Å²) in [5, 5.41) is 8.83. The number of nitrogens with one attached hydrogen (secondary N) is 1. The van der Waals surface area contributed by atoms with Crippen LogP contribution in [0.25, 0.3) is 6.08 Å². The maximum Gasteiger partial charge on any atom is 0.227 e. The molecule has 3 aromatic rings. The zero-order valence-corrected chi connectivity index (χ0v) is 17.3. The summed E-state index contributed by atoms with van der Waals surface area (Å²) in [4.78, 5) is 17.5. The van der Waals surface area contributed by atoms with Crippen molar-refractivity contribution in [2.45, 2.75) is 29.8 Å². The maximum atomic E-state index is 12.8. The summed E-state index contributed by atoms with van der Waals surface area (Å²) in [6.07, 6.45) is 7.63. The highest BCUT2D eigenvalue weighted by molar-refractivity contribution is 7.98. The van der Waals surface area contributed by atoms with Crippen LogP contribution >= 0.6 is 11.8 Å². The molecule has 0 fully saturated rings. The van der Waals surface area contributed by atoms with E-state index in [1.807, 2.05) is 41.1 Å². The lowest BCUT2D eigenvalue weighted by atomic mass is 9.83. The molecule has 1 aliphatic heterocycles. The Bertz CT molecular complexity index is 1100. The zero-order valence-electron chi connectivity index (χ0n) is 16.4. The van der Waals surface area contributed by atoms with Gasteiger partial charge in [0.25, 0.3) is 0 Å². The van der Waals surface area contributed by atoms with Gasteiger partial charge in [0.2, 0.25) is 11.1 Å². The summed E-state index contributed by atoms with van der Waals surface area (Å²) in [5.74, 6) is 1.52. The fourth-order valence-electron chi connectivity index (χ4n) is 3.95. The van der Waals surface area contributed by atoms with E-state index >= 15 is 0 Å². The monoisotopic (exact) mass is 414 g/mol. The van der Waals surface area contributed by atoms with Crippen molar-refractivity contribution in [1.29, 1.82) is 0 Å². The fourth-order valence-corrected chi connectivity index (χ4v) is 4.73. The molecule has 0 radical (unpaired) electrons. The van der Waals surface area contributed by atoms with Crippen molar-refractivity contribution >= 4 is 29.6 Å². The summed E-state index contributed by atoms with van der Waals surface area (Å²) in [6, 6.07) is 20.2. The Morgan fingerprint density at radius 3 is 2.67 bits per heavy atom. The molecule has 5 nitrogen and oxygen atoms in total. The SMILES string of the molecule is O=C1CCC=C2Nc3nc(SCc4ccccc4)nn3[C@H](/C=C/c3ccccc3)[C@@H]12. The molecule has 0 spiro atoms. The molecule has 0 unspecified atom stereocenters. The molecule has 2 aliphatic rings. The second-order valence-electron chi connectivity index (χ2n) is 7.46. The van der Waals surface area contributed by atoms with Crippen molar-refractivity contribution in [3.63, 3.8) is 0 Å². The Morgan fingerprint density at radius 1 is 1.10 bits per heavy atom. The van der Waals surface area contributed by atoms with Gasteiger partial charge in [-0.15, -0.1) is 5.10 Å². The largest absolute Gasteiger partial charge is 0.328 e. The van der Waals surface area contributed by atoms with E-state index in [2.05, 4.69) is 47.8 Å². The molecule has 0 saturated carbocycles. The number of carbonyl (C=O) groups is 1. The van der Waals surface area contributed by atoms with Crippen molar-refractivity contribution in [3.05, 3.63) is 89.6 Å². The number of nitrogens with zero attached hydrogens (tertiary/aromatic N) is 3. The molecule has 2 heterocycles. The molecule has 2 atom stereocenters. The van der Waals surface area contributed by atoms with Crippen LogP contribution in [0, 0.1) is 5.92 Å². The smallest absolute Gasteiger partial charge is 0.227 e. The minimum Gasteiger partial charge on any atom is -0.328 e. The number of hydrogen-bond acceptors (Lipinski definition) is 5. The number of hydrogen-bond donors (Lipinski definition) is 1. The van der Waals surface area contributed by atoms with Gasteiger partial charge in [-0.25, -0.2) is 4.68 Å². The third kappa shape index (κ3) is 3.83. The standard InChI is InChI=1S/C24H22N4OS/c29-21-13-7-12-19-22(21)20(15-14-17-8-3-1-4-9-17)28-23(25-19)26-24(27-28)30-16-18-10-5-2-6-11-18/h1-6,8-12,14-15,20,22H,7,13,16H2,(H,25,26,27)/b15-14+/t20-,22+/m1/s1. The van der Waals surface area contributed by atoms with Crippen molar-refractivity contribution in [2.75, 3.05) is 5.32 Å². The first-order valence-corrected chi connectivity index (χ1v) is 11.1. The average molecular weight is 415 g/mol. The Balaban J connectivity index is 1.46. The van der Waals surface area contributed by atoms with Gasteiger partial charge in [0.05, 0.1) is 12.0 Å². The van der Waals surface area contributed by atoms with Gasteiger partial charge in [-0.2, -0.15) is 4.98 Å². The van der Waals surface area contributed by atoms with Gasteiger partial charge in [-0.3, -0.25) is 4.79 Å².